The Morgan fingerprint density at radius 2 is 1.69 bits per heavy atom. The Morgan fingerprint density at radius 1 is 1.04 bits per heavy atom. The summed E-state index contributed by atoms with van der Waals surface area (Å²) in [6, 6.07) is 4.09. The van der Waals surface area contributed by atoms with Gasteiger partial charge in [0.05, 0.1) is 18.1 Å². The van der Waals surface area contributed by atoms with Gasteiger partial charge in [-0.3, -0.25) is 14.8 Å². The van der Waals surface area contributed by atoms with E-state index in [-0.39, 0.29) is 23.6 Å². The predicted octanol–water partition coefficient (Wildman–Crippen LogP) is 0.781. The highest BCUT2D eigenvalue weighted by Crippen LogP contribution is 2.29. The Balaban J connectivity index is 1.54. The number of rotatable bonds is 5. The van der Waals surface area contributed by atoms with Gasteiger partial charge < -0.3 is 4.57 Å². The number of sulfone groups is 1. The van der Waals surface area contributed by atoms with Crippen molar-refractivity contribution in [2.45, 2.75) is 38.6 Å². The number of nitrogens with zero attached hydrogens (tertiary/aromatic N) is 5. The number of piperazine rings is 1. The molecule has 0 N–H and O–H groups in total. The van der Waals surface area contributed by atoms with Crippen LogP contribution >= 0.6 is 0 Å². The summed E-state index contributed by atoms with van der Waals surface area (Å²) >= 11 is 0. The van der Waals surface area contributed by atoms with Crippen molar-refractivity contribution in [2.75, 3.05) is 24.6 Å². The highest BCUT2D eigenvalue weighted by Gasteiger charge is 2.46. The lowest BCUT2D eigenvalue weighted by atomic mass is 10.0. The van der Waals surface area contributed by atoms with Gasteiger partial charge in [0.15, 0.2) is 9.84 Å². The van der Waals surface area contributed by atoms with Crippen molar-refractivity contribution >= 4 is 9.84 Å². The molecule has 0 radical (unpaired) electrons. The highest BCUT2D eigenvalue weighted by molar-refractivity contribution is 7.91. The van der Waals surface area contributed by atoms with Gasteiger partial charge in [-0.15, -0.1) is 0 Å². The topological polar surface area (TPSA) is 71.3 Å². The van der Waals surface area contributed by atoms with E-state index in [4.69, 9.17) is 0 Å². The van der Waals surface area contributed by atoms with Crippen molar-refractivity contribution in [2.24, 2.45) is 0 Å². The molecule has 0 bridgehead atoms. The molecular weight excluding hydrogens is 350 g/mol. The van der Waals surface area contributed by atoms with E-state index in [1.807, 2.05) is 24.5 Å². The average molecular weight is 375 g/mol. The lowest BCUT2D eigenvalue weighted by molar-refractivity contribution is 0.0334. The van der Waals surface area contributed by atoms with E-state index in [0.29, 0.717) is 6.54 Å². The number of aryl methyl sites for hydroxylation is 1. The molecule has 2 aromatic rings. The first kappa shape index (κ1) is 17.6. The molecule has 2 aliphatic heterocycles. The monoisotopic (exact) mass is 375 g/mol. The largest absolute Gasteiger partial charge is 0.334 e. The highest BCUT2D eigenvalue weighted by atomic mass is 32.2. The quantitative estimate of drug-likeness (QED) is 0.769. The third-order valence-corrected chi connectivity index (χ3v) is 7.23. The van der Waals surface area contributed by atoms with E-state index in [9.17, 15) is 8.42 Å². The molecule has 4 rings (SSSR count). The van der Waals surface area contributed by atoms with E-state index in [1.54, 1.807) is 12.4 Å². The van der Waals surface area contributed by atoms with Crippen LogP contribution in [0.4, 0.5) is 0 Å². The molecule has 4 heterocycles. The molecule has 0 saturated carbocycles. The van der Waals surface area contributed by atoms with Crippen LogP contribution in [0.25, 0.3) is 0 Å². The Labute approximate surface area is 154 Å². The minimum atomic E-state index is -3.00. The maximum absolute atomic E-state index is 12.4. The van der Waals surface area contributed by atoms with Crippen LogP contribution in [0.5, 0.6) is 0 Å². The Hall–Kier alpha value is -1.77. The number of pyridine rings is 1. The third kappa shape index (κ3) is 3.54. The molecule has 0 aliphatic carbocycles. The SMILES string of the molecule is CCn1ccnc1CN1CCN(Cc2ccncc2)[C@H]2CS(=O)(=O)C[C@H]21. The van der Waals surface area contributed by atoms with Crippen LogP contribution in [0, 0.1) is 0 Å². The molecule has 140 valence electrons. The van der Waals surface area contributed by atoms with Crippen LogP contribution in [-0.2, 0) is 29.5 Å². The van der Waals surface area contributed by atoms with Crippen molar-refractivity contribution in [1.82, 2.24) is 24.3 Å². The first-order valence-electron chi connectivity index (χ1n) is 9.13. The van der Waals surface area contributed by atoms with Gasteiger partial charge in [0, 0.05) is 63.1 Å². The van der Waals surface area contributed by atoms with E-state index in [0.717, 1.165) is 32.0 Å². The second-order valence-corrected chi connectivity index (χ2v) is 9.29. The Bertz CT molecular complexity index is 851. The molecule has 0 spiro atoms. The minimum Gasteiger partial charge on any atom is -0.334 e. The van der Waals surface area contributed by atoms with Gasteiger partial charge in [-0.2, -0.15) is 0 Å². The molecule has 2 aliphatic rings. The summed E-state index contributed by atoms with van der Waals surface area (Å²) in [5, 5.41) is 0. The first-order chi connectivity index (χ1) is 12.6. The zero-order chi connectivity index (χ0) is 18.1. The van der Waals surface area contributed by atoms with E-state index in [2.05, 4.69) is 31.3 Å². The van der Waals surface area contributed by atoms with Crippen LogP contribution in [0.1, 0.15) is 18.3 Å². The van der Waals surface area contributed by atoms with Crippen molar-refractivity contribution in [3.05, 3.63) is 48.3 Å². The van der Waals surface area contributed by atoms with Crippen LogP contribution in [0.2, 0.25) is 0 Å². The minimum absolute atomic E-state index is 0.0394. The molecule has 0 amide bonds. The zero-order valence-corrected chi connectivity index (χ0v) is 15.8. The van der Waals surface area contributed by atoms with Crippen LogP contribution in [0.3, 0.4) is 0 Å². The normalized spacial score (nSPS) is 26.0. The molecule has 7 nitrogen and oxygen atoms in total. The summed E-state index contributed by atoms with van der Waals surface area (Å²) in [6.07, 6.45) is 7.39. The third-order valence-electron chi connectivity index (χ3n) is 5.53. The zero-order valence-electron chi connectivity index (χ0n) is 15.0. The van der Waals surface area contributed by atoms with E-state index in [1.165, 1.54) is 5.56 Å². The second-order valence-electron chi connectivity index (χ2n) is 7.14. The number of hydrogen-bond donors (Lipinski definition) is 0. The fourth-order valence-electron chi connectivity index (χ4n) is 4.17. The number of imidazole rings is 1. The Kier molecular flexibility index (Phi) is 4.81. The average Bonchev–Trinajstić information content (AvgIpc) is 3.21. The Morgan fingerprint density at radius 3 is 2.35 bits per heavy atom. The molecule has 2 aromatic heterocycles. The first-order valence-corrected chi connectivity index (χ1v) is 11.0. The van der Waals surface area contributed by atoms with Crippen LogP contribution in [0.15, 0.2) is 36.9 Å². The standard InChI is InChI=1S/C18H25N5O2S/c1-2-21-8-7-20-18(21)12-23-10-9-22(11-15-3-5-19-6-4-15)16-13-26(24,25)14-17(16)23/h3-8,16-17H,2,9-14H2,1H3/t16-,17+/m0/s1. The van der Waals surface area contributed by atoms with Gasteiger partial charge >= 0.3 is 0 Å². The molecule has 26 heavy (non-hydrogen) atoms. The maximum Gasteiger partial charge on any atom is 0.153 e. The van der Waals surface area contributed by atoms with Crippen LogP contribution in [-0.4, -0.2) is 69.4 Å². The van der Waals surface area contributed by atoms with Crippen molar-refractivity contribution in [3.63, 3.8) is 0 Å². The van der Waals surface area contributed by atoms with Gasteiger partial charge in [-0.05, 0) is 24.6 Å². The summed E-state index contributed by atoms with van der Waals surface area (Å²) in [4.78, 5) is 13.2. The summed E-state index contributed by atoms with van der Waals surface area (Å²) in [7, 11) is -3.00. The summed E-state index contributed by atoms with van der Waals surface area (Å²) in [6.45, 7) is 6.19. The van der Waals surface area contributed by atoms with Gasteiger partial charge in [-0.1, -0.05) is 0 Å². The molecule has 2 fully saturated rings. The maximum atomic E-state index is 12.4. The summed E-state index contributed by atoms with van der Waals surface area (Å²) in [5.74, 6) is 1.51. The second kappa shape index (κ2) is 7.09. The van der Waals surface area contributed by atoms with Crippen molar-refractivity contribution in [1.29, 1.82) is 0 Å². The van der Waals surface area contributed by atoms with E-state index >= 15 is 0 Å². The van der Waals surface area contributed by atoms with Gasteiger partial charge in [-0.25, -0.2) is 13.4 Å². The molecule has 0 unspecified atom stereocenters. The predicted molar refractivity (Wildman–Crippen MR) is 99.2 cm³/mol. The molecular formula is C18H25N5O2S. The van der Waals surface area contributed by atoms with Crippen LogP contribution < -0.4 is 0 Å². The lowest BCUT2D eigenvalue weighted by Crippen LogP contribution is -2.58. The lowest BCUT2D eigenvalue weighted by Gasteiger charge is -2.43. The van der Waals surface area contributed by atoms with Gasteiger partial charge in [0.1, 0.15) is 5.82 Å². The number of fused-ring (bicyclic) bond motifs is 1. The van der Waals surface area contributed by atoms with Gasteiger partial charge in [0.25, 0.3) is 0 Å². The summed E-state index contributed by atoms with van der Waals surface area (Å²) < 4.78 is 26.9. The van der Waals surface area contributed by atoms with E-state index < -0.39 is 9.84 Å². The molecule has 2 atom stereocenters. The summed E-state index contributed by atoms with van der Waals surface area (Å²) in [5.41, 5.74) is 1.18. The van der Waals surface area contributed by atoms with Gasteiger partial charge in [0.2, 0.25) is 0 Å². The number of hydrogen-bond acceptors (Lipinski definition) is 6. The van der Waals surface area contributed by atoms with Crippen molar-refractivity contribution < 1.29 is 8.42 Å². The fourth-order valence-corrected chi connectivity index (χ4v) is 6.22. The number of aromatic nitrogens is 3. The molecule has 2 saturated heterocycles. The fraction of sp³-hybridized carbons (Fsp3) is 0.556. The smallest absolute Gasteiger partial charge is 0.153 e. The molecule has 8 heteroatoms. The van der Waals surface area contributed by atoms with Crippen molar-refractivity contribution in [3.8, 4) is 0 Å². The molecule has 0 aromatic carbocycles.